The maximum Gasteiger partial charge on any atom is 0.238 e. The first-order chi connectivity index (χ1) is 12.4. The molecule has 2 aromatic rings. The van der Waals surface area contributed by atoms with E-state index in [1.54, 1.807) is 0 Å². The minimum atomic E-state index is -0.402. The van der Waals surface area contributed by atoms with E-state index in [1.807, 2.05) is 31.2 Å². The van der Waals surface area contributed by atoms with Crippen LogP contribution in [0.3, 0.4) is 0 Å². The number of benzene rings is 2. The van der Waals surface area contributed by atoms with E-state index < -0.39 is 5.25 Å². The van der Waals surface area contributed by atoms with Gasteiger partial charge in [-0.15, -0.1) is 11.8 Å². The maximum atomic E-state index is 12.4. The lowest BCUT2D eigenvalue weighted by Crippen LogP contribution is -2.35. The van der Waals surface area contributed by atoms with Crippen molar-refractivity contribution >= 4 is 29.3 Å². The standard InChI is InChI=1S/C21H24N2O2S/c1-13(2)15-8-10-16(11-9-15)14(3)22-20(24)12-19-21(25)23-17-6-4-5-7-18(17)26-19/h4-11,13-14,19H,12H2,1-3H3,(H,22,24)(H,23,25). The summed E-state index contributed by atoms with van der Waals surface area (Å²) >= 11 is 1.45. The van der Waals surface area contributed by atoms with Gasteiger partial charge in [0.15, 0.2) is 0 Å². The summed E-state index contributed by atoms with van der Waals surface area (Å²) in [4.78, 5) is 25.7. The molecule has 5 heteroatoms. The zero-order valence-corrected chi connectivity index (χ0v) is 16.1. The number of carbonyl (C=O) groups excluding carboxylic acids is 2. The minimum Gasteiger partial charge on any atom is -0.350 e. The molecule has 0 saturated heterocycles. The number of nitrogens with one attached hydrogen (secondary N) is 2. The molecule has 26 heavy (non-hydrogen) atoms. The Hall–Kier alpha value is -2.27. The van der Waals surface area contributed by atoms with Crippen molar-refractivity contribution in [3.8, 4) is 0 Å². The van der Waals surface area contributed by atoms with E-state index in [9.17, 15) is 9.59 Å². The topological polar surface area (TPSA) is 58.2 Å². The quantitative estimate of drug-likeness (QED) is 0.817. The summed E-state index contributed by atoms with van der Waals surface area (Å²) in [5, 5.41) is 5.48. The molecule has 0 aromatic heterocycles. The van der Waals surface area contributed by atoms with Crippen molar-refractivity contribution in [1.29, 1.82) is 0 Å². The predicted octanol–water partition coefficient (Wildman–Crippen LogP) is 4.49. The Labute approximate surface area is 158 Å². The smallest absolute Gasteiger partial charge is 0.238 e. The molecule has 2 N–H and O–H groups in total. The van der Waals surface area contributed by atoms with Crippen LogP contribution in [0.4, 0.5) is 5.69 Å². The van der Waals surface area contributed by atoms with Crippen LogP contribution in [0.2, 0.25) is 0 Å². The fraction of sp³-hybridized carbons (Fsp3) is 0.333. The van der Waals surface area contributed by atoms with Gasteiger partial charge < -0.3 is 10.6 Å². The van der Waals surface area contributed by atoms with Crippen LogP contribution < -0.4 is 10.6 Å². The van der Waals surface area contributed by atoms with Gasteiger partial charge in [-0.3, -0.25) is 9.59 Å². The number of amides is 2. The lowest BCUT2D eigenvalue weighted by atomic mass is 9.99. The summed E-state index contributed by atoms with van der Waals surface area (Å²) in [7, 11) is 0. The van der Waals surface area contributed by atoms with E-state index in [2.05, 4.69) is 48.7 Å². The van der Waals surface area contributed by atoms with E-state index in [0.29, 0.717) is 5.92 Å². The third-order valence-corrected chi connectivity index (χ3v) is 5.83. The lowest BCUT2D eigenvalue weighted by Gasteiger charge is -2.24. The average Bonchev–Trinajstić information content (AvgIpc) is 2.62. The Morgan fingerprint density at radius 2 is 1.73 bits per heavy atom. The van der Waals surface area contributed by atoms with Gasteiger partial charge in [-0.1, -0.05) is 50.2 Å². The fourth-order valence-corrected chi connectivity index (χ4v) is 4.06. The zero-order valence-electron chi connectivity index (χ0n) is 15.3. The highest BCUT2D eigenvalue weighted by Crippen LogP contribution is 2.36. The van der Waals surface area contributed by atoms with Gasteiger partial charge in [0.05, 0.1) is 17.0 Å². The van der Waals surface area contributed by atoms with Crippen molar-refractivity contribution < 1.29 is 9.59 Å². The Kier molecular flexibility index (Phi) is 5.67. The predicted molar refractivity (Wildman–Crippen MR) is 106 cm³/mol. The normalized spacial score (nSPS) is 17.4. The molecule has 2 atom stereocenters. The second-order valence-electron chi connectivity index (χ2n) is 6.91. The van der Waals surface area contributed by atoms with E-state index in [4.69, 9.17) is 0 Å². The molecule has 136 valence electrons. The first kappa shape index (κ1) is 18.5. The van der Waals surface area contributed by atoms with Crippen LogP contribution in [0.1, 0.15) is 50.3 Å². The first-order valence-electron chi connectivity index (χ1n) is 8.90. The molecule has 0 fully saturated rings. The number of thioether (sulfide) groups is 1. The van der Waals surface area contributed by atoms with Crippen LogP contribution in [0.15, 0.2) is 53.4 Å². The molecule has 0 spiro atoms. The monoisotopic (exact) mass is 368 g/mol. The van der Waals surface area contributed by atoms with Gasteiger partial charge in [0.2, 0.25) is 11.8 Å². The number of hydrogen-bond acceptors (Lipinski definition) is 3. The molecule has 0 radical (unpaired) electrons. The number of carbonyl (C=O) groups is 2. The lowest BCUT2D eigenvalue weighted by molar-refractivity contribution is -0.124. The van der Waals surface area contributed by atoms with Crippen molar-refractivity contribution in [2.45, 2.75) is 49.3 Å². The Balaban J connectivity index is 1.59. The van der Waals surface area contributed by atoms with Crippen LogP contribution in [0.25, 0.3) is 0 Å². The average molecular weight is 369 g/mol. The van der Waals surface area contributed by atoms with Gasteiger partial charge in [0, 0.05) is 11.3 Å². The van der Waals surface area contributed by atoms with Crippen LogP contribution in [0.5, 0.6) is 0 Å². The number of fused-ring (bicyclic) bond motifs is 1. The largest absolute Gasteiger partial charge is 0.350 e. The van der Waals surface area contributed by atoms with Crippen molar-refractivity contribution in [1.82, 2.24) is 5.32 Å². The summed E-state index contributed by atoms with van der Waals surface area (Å²) in [6.07, 6.45) is 0.166. The van der Waals surface area contributed by atoms with E-state index in [1.165, 1.54) is 17.3 Å². The molecule has 2 unspecified atom stereocenters. The highest BCUT2D eigenvalue weighted by molar-refractivity contribution is 8.01. The molecule has 2 amide bonds. The van der Waals surface area contributed by atoms with E-state index in [0.717, 1.165) is 16.1 Å². The molecule has 1 aliphatic heterocycles. The Bertz CT molecular complexity index is 802. The molecular formula is C21H24N2O2S. The maximum absolute atomic E-state index is 12.4. The van der Waals surface area contributed by atoms with Gasteiger partial charge in [0.25, 0.3) is 0 Å². The van der Waals surface area contributed by atoms with Crippen molar-refractivity contribution in [3.63, 3.8) is 0 Å². The van der Waals surface area contributed by atoms with Crippen molar-refractivity contribution in [2.24, 2.45) is 0 Å². The second-order valence-corrected chi connectivity index (χ2v) is 8.15. The SMILES string of the molecule is CC(C)c1ccc(C(C)NC(=O)CC2Sc3ccccc3NC2=O)cc1. The molecule has 4 nitrogen and oxygen atoms in total. The highest BCUT2D eigenvalue weighted by Gasteiger charge is 2.29. The summed E-state index contributed by atoms with van der Waals surface area (Å²) in [6.45, 7) is 6.28. The first-order valence-corrected chi connectivity index (χ1v) is 9.77. The summed E-state index contributed by atoms with van der Waals surface area (Å²) in [6, 6.07) is 15.9. The molecule has 0 bridgehead atoms. The molecule has 1 heterocycles. The third-order valence-electron chi connectivity index (χ3n) is 4.56. The van der Waals surface area contributed by atoms with Gasteiger partial charge in [0.1, 0.15) is 0 Å². The molecule has 0 saturated carbocycles. The third kappa shape index (κ3) is 4.28. The number of anilines is 1. The Morgan fingerprint density at radius 3 is 2.42 bits per heavy atom. The van der Waals surface area contributed by atoms with E-state index >= 15 is 0 Å². The van der Waals surface area contributed by atoms with Crippen molar-refractivity contribution in [2.75, 3.05) is 5.32 Å². The number of rotatable bonds is 5. The molecule has 2 aromatic carbocycles. The van der Waals surface area contributed by atoms with Crippen LogP contribution in [-0.4, -0.2) is 17.1 Å². The molecule has 1 aliphatic rings. The van der Waals surface area contributed by atoms with Crippen LogP contribution in [0, 0.1) is 0 Å². The van der Waals surface area contributed by atoms with Gasteiger partial charge in [-0.25, -0.2) is 0 Å². The zero-order chi connectivity index (χ0) is 18.7. The highest BCUT2D eigenvalue weighted by atomic mass is 32.2. The molecule has 3 rings (SSSR count). The van der Waals surface area contributed by atoms with Crippen molar-refractivity contribution in [3.05, 3.63) is 59.7 Å². The molecular weight excluding hydrogens is 344 g/mol. The summed E-state index contributed by atoms with van der Waals surface area (Å²) in [5.74, 6) is 0.258. The molecule has 0 aliphatic carbocycles. The summed E-state index contributed by atoms with van der Waals surface area (Å²) < 4.78 is 0. The summed E-state index contributed by atoms with van der Waals surface area (Å²) in [5.41, 5.74) is 3.16. The number of hydrogen-bond donors (Lipinski definition) is 2. The Morgan fingerprint density at radius 1 is 1.08 bits per heavy atom. The fourth-order valence-electron chi connectivity index (χ4n) is 2.95. The number of para-hydroxylation sites is 1. The second kappa shape index (κ2) is 7.96. The van der Waals surface area contributed by atoms with E-state index in [-0.39, 0.29) is 24.3 Å². The van der Waals surface area contributed by atoms with Crippen LogP contribution in [-0.2, 0) is 9.59 Å². The van der Waals surface area contributed by atoms with Crippen LogP contribution >= 0.6 is 11.8 Å². The minimum absolute atomic E-state index is 0.0901. The van der Waals surface area contributed by atoms with Gasteiger partial charge in [-0.05, 0) is 36.1 Å². The van der Waals surface area contributed by atoms with Gasteiger partial charge in [-0.2, -0.15) is 0 Å². The van der Waals surface area contributed by atoms with Gasteiger partial charge >= 0.3 is 0 Å².